The van der Waals surface area contributed by atoms with Crippen molar-refractivity contribution >= 4 is 68.3 Å². The van der Waals surface area contributed by atoms with Crippen LogP contribution in [-0.2, 0) is 10.1 Å². The van der Waals surface area contributed by atoms with Crippen LogP contribution in [0.5, 0.6) is 5.75 Å². The molecule has 1 aliphatic rings. The fourth-order valence-corrected chi connectivity index (χ4v) is 3.98. The summed E-state index contributed by atoms with van der Waals surface area (Å²) in [5, 5.41) is 12.8. The second-order valence-electron chi connectivity index (χ2n) is 6.41. The van der Waals surface area contributed by atoms with E-state index in [9.17, 15) is 27.7 Å². The Morgan fingerprint density at radius 1 is 0.833 bits per heavy atom. The quantitative estimate of drug-likeness (QED) is 0.166. The third-order valence-electron chi connectivity index (χ3n) is 4.65. The fourth-order valence-electron chi connectivity index (χ4n) is 3.33. The Bertz CT molecular complexity index is 1320. The summed E-state index contributed by atoms with van der Waals surface area (Å²) in [4.78, 5) is 25.5. The Balaban J connectivity index is 0.00000256. The van der Waals surface area contributed by atoms with Crippen molar-refractivity contribution < 1.29 is 27.7 Å². The first-order valence-electron chi connectivity index (χ1n) is 8.37. The van der Waals surface area contributed by atoms with E-state index in [4.69, 9.17) is 5.73 Å². The topological polar surface area (TPSA) is 147 Å². The predicted octanol–water partition coefficient (Wildman–Crippen LogP) is 2.09. The number of aromatic hydroxyl groups is 1. The van der Waals surface area contributed by atoms with Crippen LogP contribution in [0.4, 0.5) is 17.1 Å². The maximum atomic E-state index is 13.1. The molecule has 3 aromatic rings. The average Bonchev–Trinajstić information content (AvgIpc) is 2.68. The van der Waals surface area contributed by atoms with Gasteiger partial charge in [-0.2, -0.15) is 8.42 Å². The van der Waals surface area contributed by atoms with Gasteiger partial charge in [-0.15, -0.1) is 0 Å². The van der Waals surface area contributed by atoms with E-state index in [1.807, 2.05) is 0 Å². The van der Waals surface area contributed by atoms with E-state index in [0.717, 1.165) is 6.07 Å². The maximum absolute atomic E-state index is 13.1. The number of phenols is 1. The van der Waals surface area contributed by atoms with Gasteiger partial charge in [0.2, 0.25) is 0 Å². The normalized spacial score (nSPS) is 12.6. The monoisotopic (exact) mass is 434 g/mol. The molecule has 0 amide bonds. The van der Waals surface area contributed by atoms with Gasteiger partial charge in [-0.3, -0.25) is 14.1 Å². The molecule has 0 aromatic heterocycles. The molecule has 148 valence electrons. The van der Waals surface area contributed by atoms with E-state index in [1.54, 1.807) is 24.3 Å². The number of hydrogen-bond donors (Lipinski definition) is 4. The zero-order valence-electron chi connectivity index (χ0n) is 14.7. The van der Waals surface area contributed by atoms with Gasteiger partial charge in [-0.25, -0.2) is 0 Å². The Kier molecular flexibility index (Phi) is 5.76. The van der Waals surface area contributed by atoms with E-state index in [2.05, 4.69) is 5.32 Å². The molecule has 0 heterocycles. The van der Waals surface area contributed by atoms with Gasteiger partial charge in [-0.05, 0) is 18.2 Å². The van der Waals surface area contributed by atoms with Crippen molar-refractivity contribution in [3.05, 3.63) is 76.9 Å². The number of phenolic OH excluding ortho intramolecular Hbond substituents is 1. The molecule has 5 N–H and O–H groups in total. The predicted molar refractivity (Wildman–Crippen MR) is 113 cm³/mol. The number of hydrogen-bond acceptors (Lipinski definition) is 7. The number of anilines is 3. The van der Waals surface area contributed by atoms with E-state index in [0.29, 0.717) is 0 Å². The summed E-state index contributed by atoms with van der Waals surface area (Å²) < 4.78 is 33.3. The SMILES string of the molecule is Nc1c(S(=O)(=O)O)cc(Nc2ccccc2O)c2c1C(=O)c1ccccc1C2=O.[NaH]. The van der Waals surface area contributed by atoms with Gasteiger partial charge in [-0.1, -0.05) is 36.4 Å². The number of carbonyl (C=O) groups excluding carboxylic acids is 2. The zero-order chi connectivity index (χ0) is 20.9. The van der Waals surface area contributed by atoms with Gasteiger partial charge in [0.25, 0.3) is 10.1 Å². The van der Waals surface area contributed by atoms with Crippen molar-refractivity contribution in [2.75, 3.05) is 11.1 Å². The van der Waals surface area contributed by atoms with E-state index in [-0.39, 0.29) is 68.9 Å². The van der Waals surface area contributed by atoms with Gasteiger partial charge >= 0.3 is 29.6 Å². The summed E-state index contributed by atoms with van der Waals surface area (Å²) in [6.45, 7) is 0. The molecule has 0 saturated carbocycles. The summed E-state index contributed by atoms with van der Waals surface area (Å²) >= 11 is 0. The van der Waals surface area contributed by atoms with Crippen molar-refractivity contribution in [3.8, 4) is 5.75 Å². The standard InChI is InChI=1S/C20H14N2O6S.Na.H/c21-18-15(29(26,27)28)9-13(22-12-7-3-4-8-14(12)23)16-17(18)20(25)11-6-2-1-5-10(11)19(16)24;;/h1-9,22-23H,21H2,(H,26,27,28);;. The van der Waals surface area contributed by atoms with Crippen LogP contribution in [0.3, 0.4) is 0 Å². The summed E-state index contributed by atoms with van der Waals surface area (Å²) in [6, 6.07) is 13.1. The molecule has 3 aromatic carbocycles. The van der Waals surface area contributed by atoms with Crippen LogP contribution in [0.25, 0.3) is 0 Å². The van der Waals surface area contributed by atoms with Crippen molar-refractivity contribution in [1.82, 2.24) is 0 Å². The average molecular weight is 434 g/mol. The summed E-state index contributed by atoms with van der Waals surface area (Å²) in [5.41, 5.74) is 5.24. The first-order valence-corrected chi connectivity index (χ1v) is 9.81. The van der Waals surface area contributed by atoms with Gasteiger partial charge < -0.3 is 16.2 Å². The number of carbonyl (C=O) groups is 2. The summed E-state index contributed by atoms with van der Waals surface area (Å²) in [5.74, 6) is -1.35. The molecule has 0 spiro atoms. The number of rotatable bonds is 3. The molecule has 0 radical (unpaired) electrons. The van der Waals surface area contributed by atoms with E-state index < -0.39 is 32.3 Å². The zero-order valence-corrected chi connectivity index (χ0v) is 15.5. The molecular formula is C20H15N2NaO6S. The van der Waals surface area contributed by atoms with Crippen molar-refractivity contribution in [3.63, 3.8) is 0 Å². The molecule has 0 fully saturated rings. The molecule has 0 unspecified atom stereocenters. The fraction of sp³-hybridized carbons (Fsp3) is 0. The van der Waals surface area contributed by atoms with Crippen LogP contribution in [-0.4, -0.2) is 59.2 Å². The minimum absolute atomic E-state index is 0. The summed E-state index contributed by atoms with van der Waals surface area (Å²) in [6.07, 6.45) is 0. The van der Waals surface area contributed by atoms with Crippen molar-refractivity contribution in [1.29, 1.82) is 0 Å². The molecule has 0 bridgehead atoms. The molecule has 1 aliphatic carbocycles. The van der Waals surface area contributed by atoms with Gasteiger partial charge in [0.05, 0.1) is 28.2 Å². The Hall–Kier alpha value is -2.69. The third-order valence-corrected chi connectivity index (χ3v) is 5.54. The van der Waals surface area contributed by atoms with Gasteiger partial charge in [0.15, 0.2) is 11.6 Å². The number of ketones is 2. The first-order chi connectivity index (χ1) is 13.7. The number of benzene rings is 3. The Morgan fingerprint density at radius 2 is 1.37 bits per heavy atom. The molecule has 0 saturated heterocycles. The van der Waals surface area contributed by atoms with Gasteiger partial charge in [0, 0.05) is 11.1 Å². The molecule has 30 heavy (non-hydrogen) atoms. The molecular weight excluding hydrogens is 419 g/mol. The van der Waals surface area contributed by atoms with E-state index in [1.165, 1.54) is 24.3 Å². The second-order valence-corrected chi connectivity index (χ2v) is 7.80. The second kappa shape index (κ2) is 7.86. The molecule has 8 nitrogen and oxygen atoms in total. The molecule has 4 rings (SSSR count). The van der Waals surface area contributed by atoms with Crippen LogP contribution >= 0.6 is 0 Å². The minimum atomic E-state index is -4.80. The van der Waals surface area contributed by atoms with Crippen LogP contribution in [0.2, 0.25) is 0 Å². The number of para-hydroxylation sites is 2. The molecule has 10 heteroatoms. The van der Waals surface area contributed by atoms with Crippen LogP contribution in [0.15, 0.2) is 59.5 Å². The van der Waals surface area contributed by atoms with Crippen LogP contribution < -0.4 is 11.1 Å². The number of nitrogens with two attached hydrogens (primary N) is 1. The number of nitrogen functional groups attached to an aromatic ring is 1. The van der Waals surface area contributed by atoms with Crippen molar-refractivity contribution in [2.24, 2.45) is 0 Å². The van der Waals surface area contributed by atoms with Crippen molar-refractivity contribution in [2.45, 2.75) is 4.90 Å². The Morgan fingerprint density at radius 3 is 1.93 bits per heavy atom. The third kappa shape index (κ3) is 3.51. The Labute approximate surface area is 193 Å². The van der Waals surface area contributed by atoms with Gasteiger partial charge in [0.1, 0.15) is 10.6 Å². The number of nitrogens with one attached hydrogen (secondary N) is 1. The first kappa shape index (κ1) is 22.0. The summed E-state index contributed by atoms with van der Waals surface area (Å²) in [7, 11) is -4.80. The molecule has 0 atom stereocenters. The van der Waals surface area contributed by atoms with E-state index >= 15 is 0 Å². The number of fused-ring (bicyclic) bond motifs is 2. The molecule has 0 aliphatic heterocycles. The van der Waals surface area contributed by atoms with Crippen LogP contribution in [0, 0.1) is 0 Å². The van der Waals surface area contributed by atoms with Crippen LogP contribution in [0.1, 0.15) is 31.8 Å².